The van der Waals surface area contributed by atoms with Gasteiger partial charge in [0.25, 0.3) is 5.91 Å². The summed E-state index contributed by atoms with van der Waals surface area (Å²) in [6, 6.07) is 12.9. The molecule has 1 amide bonds. The maximum atomic E-state index is 12.8. The molecule has 0 radical (unpaired) electrons. The molecule has 0 N–H and O–H groups in total. The van der Waals surface area contributed by atoms with Crippen molar-refractivity contribution in [3.05, 3.63) is 59.9 Å². The summed E-state index contributed by atoms with van der Waals surface area (Å²) in [4.78, 5) is 14.3. The highest BCUT2D eigenvalue weighted by Crippen LogP contribution is 2.22. The van der Waals surface area contributed by atoms with Gasteiger partial charge in [0.05, 0.1) is 18.5 Å². The van der Waals surface area contributed by atoms with Crippen molar-refractivity contribution in [1.82, 2.24) is 15.0 Å². The number of hydrogen-bond donors (Lipinski definition) is 0. The summed E-state index contributed by atoms with van der Waals surface area (Å²) < 4.78 is 35.4. The predicted molar refractivity (Wildman–Crippen MR) is 98.5 cm³/mol. The molecule has 0 aliphatic rings. The molecular formula is C19H18F2N4O3. The van der Waals surface area contributed by atoms with Gasteiger partial charge in [0.15, 0.2) is 5.69 Å². The van der Waals surface area contributed by atoms with Gasteiger partial charge in [0.1, 0.15) is 11.5 Å². The van der Waals surface area contributed by atoms with Gasteiger partial charge in [-0.2, -0.15) is 8.78 Å². The van der Waals surface area contributed by atoms with E-state index in [1.165, 1.54) is 21.7 Å². The fraction of sp³-hybridized carbons (Fsp3) is 0.211. The minimum Gasteiger partial charge on any atom is -0.497 e. The lowest BCUT2D eigenvalue weighted by Gasteiger charge is -2.16. The highest BCUT2D eigenvalue weighted by atomic mass is 19.3. The molecule has 0 atom stereocenters. The van der Waals surface area contributed by atoms with Gasteiger partial charge in [-0.3, -0.25) is 4.79 Å². The second-order valence-corrected chi connectivity index (χ2v) is 5.87. The minimum atomic E-state index is -2.89. The number of methoxy groups -OCH3 is 1. The topological polar surface area (TPSA) is 69.5 Å². The zero-order valence-corrected chi connectivity index (χ0v) is 15.5. The first-order valence-corrected chi connectivity index (χ1v) is 8.30. The van der Waals surface area contributed by atoms with E-state index in [1.54, 1.807) is 57.5 Å². The van der Waals surface area contributed by atoms with Crippen LogP contribution in [-0.4, -0.2) is 41.7 Å². The van der Waals surface area contributed by atoms with Gasteiger partial charge >= 0.3 is 6.61 Å². The Morgan fingerprint density at radius 1 is 1.07 bits per heavy atom. The second kappa shape index (κ2) is 8.03. The molecule has 28 heavy (non-hydrogen) atoms. The number of alkyl halides is 2. The summed E-state index contributed by atoms with van der Waals surface area (Å²) >= 11 is 0. The maximum Gasteiger partial charge on any atom is 0.387 e. The lowest BCUT2D eigenvalue weighted by molar-refractivity contribution is -0.0498. The van der Waals surface area contributed by atoms with E-state index in [0.717, 1.165) is 0 Å². The molecule has 1 aromatic heterocycles. The molecule has 146 valence electrons. The van der Waals surface area contributed by atoms with Crippen molar-refractivity contribution in [2.24, 2.45) is 0 Å². The van der Waals surface area contributed by atoms with Crippen molar-refractivity contribution in [2.75, 3.05) is 19.1 Å². The Labute approximate surface area is 160 Å². The van der Waals surface area contributed by atoms with Crippen LogP contribution in [0.5, 0.6) is 11.5 Å². The number of benzene rings is 2. The van der Waals surface area contributed by atoms with Crippen LogP contribution in [0.3, 0.4) is 0 Å². The van der Waals surface area contributed by atoms with Crippen molar-refractivity contribution >= 4 is 11.6 Å². The standard InChI is InChI=1S/C19H18F2N4O3/c1-12-17(18(26)24(2)13-4-8-15(27-3)9-5-13)22-23-25(12)14-6-10-16(11-7-14)28-19(20)21/h4-11,19H,1-3H3. The van der Waals surface area contributed by atoms with Gasteiger partial charge < -0.3 is 14.4 Å². The molecule has 1 heterocycles. The summed E-state index contributed by atoms with van der Waals surface area (Å²) in [5, 5.41) is 8.00. The van der Waals surface area contributed by atoms with E-state index in [9.17, 15) is 13.6 Å². The largest absolute Gasteiger partial charge is 0.497 e. The smallest absolute Gasteiger partial charge is 0.387 e. The third-order valence-electron chi connectivity index (χ3n) is 4.17. The second-order valence-electron chi connectivity index (χ2n) is 5.87. The van der Waals surface area contributed by atoms with Gasteiger partial charge in [-0.1, -0.05) is 5.21 Å². The van der Waals surface area contributed by atoms with Crippen molar-refractivity contribution in [2.45, 2.75) is 13.5 Å². The molecule has 0 bridgehead atoms. The zero-order chi connectivity index (χ0) is 20.3. The average molecular weight is 388 g/mol. The summed E-state index contributed by atoms with van der Waals surface area (Å²) in [6.07, 6.45) is 0. The molecular weight excluding hydrogens is 370 g/mol. The molecule has 7 nitrogen and oxygen atoms in total. The first-order valence-electron chi connectivity index (χ1n) is 8.30. The summed E-state index contributed by atoms with van der Waals surface area (Å²) in [5.41, 5.74) is 1.95. The van der Waals surface area contributed by atoms with Crippen LogP contribution < -0.4 is 14.4 Å². The van der Waals surface area contributed by atoms with Crippen molar-refractivity contribution in [1.29, 1.82) is 0 Å². The Bertz CT molecular complexity index is 956. The van der Waals surface area contributed by atoms with Gasteiger partial charge in [0, 0.05) is 12.7 Å². The Morgan fingerprint density at radius 2 is 1.68 bits per heavy atom. The highest BCUT2D eigenvalue weighted by Gasteiger charge is 2.22. The van der Waals surface area contributed by atoms with Crippen LogP contribution >= 0.6 is 0 Å². The van der Waals surface area contributed by atoms with Crippen molar-refractivity contribution in [3.8, 4) is 17.2 Å². The first-order chi connectivity index (χ1) is 13.4. The van der Waals surface area contributed by atoms with Crippen molar-refractivity contribution < 1.29 is 23.0 Å². The average Bonchev–Trinajstić information content (AvgIpc) is 3.08. The number of nitrogens with zero attached hydrogens (tertiary/aromatic N) is 4. The first kappa shape index (κ1) is 19.3. The number of halogens is 2. The van der Waals surface area contributed by atoms with E-state index in [1.807, 2.05) is 0 Å². The van der Waals surface area contributed by atoms with Crippen LogP contribution in [0.15, 0.2) is 48.5 Å². The number of rotatable bonds is 6. The van der Waals surface area contributed by atoms with Crippen LogP contribution in [-0.2, 0) is 0 Å². The number of hydrogen-bond acceptors (Lipinski definition) is 5. The zero-order valence-electron chi connectivity index (χ0n) is 15.5. The number of ether oxygens (including phenoxy) is 2. The number of carbonyl (C=O) groups is 1. The van der Waals surface area contributed by atoms with Crippen molar-refractivity contribution in [3.63, 3.8) is 0 Å². The Kier molecular flexibility index (Phi) is 5.53. The number of amides is 1. The summed E-state index contributed by atoms with van der Waals surface area (Å²) in [7, 11) is 3.21. The molecule has 0 unspecified atom stereocenters. The minimum absolute atomic E-state index is 0.0343. The molecule has 3 rings (SSSR count). The Hall–Kier alpha value is -3.49. The molecule has 0 aliphatic heterocycles. The Balaban J connectivity index is 1.82. The van der Waals surface area contributed by atoms with Crippen LogP contribution in [0.4, 0.5) is 14.5 Å². The molecule has 0 spiro atoms. The van der Waals surface area contributed by atoms with E-state index in [0.29, 0.717) is 22.8 Å². The fourth-order valence-corrected chi connectivity index (χ4v) is 2.62. The van der Waals surface area contributed by atoms with Gasteiger partial charge in [-0.05, 0) is 55.5 Å². The molecule has 0 fully saturated rings. The summed E-state index contributed by atoms with van der Waals surface area (Å²) in [6.45, 7) is -1.18. The van der Waals surface area contributed by atoms with Crippen LogP contribution in [0, 0.1) is 6.92 Å². The molecule has 2 aromatic carbocycles. The van der Waals surface area contributed by atoms with Gasteiger partial charge in [0.2, 0.25) is 0 Å². The predicted octanol–water partition coefficient (Wildman–Crippen LogP) is 3.46. The van der Waals surface area contributed by atoms with E-state index in [4.69, 9.17) is 4.74 Å². The molecule has 9 heteroatoms. The highest BCUT2D eigenvalue weighted by molar-refractivity contribution is 6.05. The number of aromatic nitrogens is 3. The molecule has 3 aromatic rings. The van der Waals surface area contributed by atoms with E-state index >= 15 is 0 Å². The van der Waals surface area contributed by atoms with Crippen LogP contribution in [0.1, 0.15) is 16.2 Å². The molecule has 0 aliphatic carbocycles. The third-order valence-corrected chi connectivity index (χ3v) is 4.17. The lowest BCUT2D eigenvalue weighted by atomic mass is 10.2. The summed E-state index contributed by atoms with van der Waals surface area (Å²) in [5.74, 6) is 0.393. The maximum absolute atomic E-state index is 12.8. The van der Waals surface area contributed by atoms with E-state index in [2.05, 4.69) is 15.0 Å². The van der Waals surface area contributed by atoms with Crippen LogP contribution in [0.2, 0.25) is 0 Å². The Morgan fingerprint density at radius 3 is 2.25 bits per heavy atom. The van der Waals surface area contributed by atoms with E-state index in [-0.39, 0.29) is 17.4 Å². The normalized spacial score (nSPS) is 10.8. The quantitative estimate of drug-likeness (QED) is 0.647. The number of carbonyl (C=O) groups excluding carboxylic acids is 1. The lowest BCUT2D eigenvalue weighted by Crippen LogP contribution is -2.27. The SMILES string of the molecule is COc1ccc(N(C)C(=O)c2nnn(-c3ccc(OC(F)F)cc3)c2C)cc1. The number of anilines is 1. The van der Waals surface area contributed by atoms with Crippen LogP contribution in [0.25, 0.3) is 5.69 Å². The van der Waals surface area contributed by atoms with Gasteiger partial charge in [-0.25, -0.2) is 4.68 Å². The monoisotopic (exact) mass is 388 g/mol. The molecule has 0 saturated heterocycles. The van der Waals surface area contributed by atoms with E-state index < -0.39 is 6.61 Å². The van der Waals surface area contributed by atoms with Gasteiger partial charge in [-0.15, -0.1) is 5.10 Å². The third kappa shape index (κ3) is 3.93. The molecule has 0 saturated carbocycles. The fourth-order valence-electron chi connectivity index (χ4n) is 2.62.